The average molecular weight is 228 g/mol. The quantitative estimate of drug-likeness (QED) is 0.835. The zero-order chi connectivity index (χ0) is 11.3. The van der Waals surface area contributed by atoms with Crippen LogP contribution in [-0.2, 0) is 0 Å². The Balaban J connectivity index is 2.33. The fourth-order valence-corrected chi connectivity index (χ4v) is 1.50. The molecule has 1 rings (SSSR count). The largest absolute Gasteiger partial charge is 0.492 e. The van der Waals surface area contributed by atoms with Crippen LogP contribution in [0.1, 0.15) is 20.8 Å². The highest BCUT2D eigenvalue weighted by molar-refractivity contribution is 6.30. The summed E-state index contributed by atoms with van der Waals surface area (Å²) in [6, 6.07) is 8.25. The van der Waals surface area contributed by atoms with E-state index < -0.39 is 0 Å². The number of nitrogens with one attached hydrogen (secondary N) is 1. The fraction of sp³-hybridized carbons (Fsp3) is 0.500. The molecule has 0 aromatic heterocycles. The van der Waals surface area contributed by atoms with Crippen LogP contribution in [0.2, 0.25) is 5.02 Å². The smallest absolute Gasteiger partial charge is 0.119 e. The second-order valence-electron chi connectivity index (χ2n) is 3.99. The highest BCUT2D eigenvalue weighted by atomic mass is 35.5. The van der Waals surface area contributed by atoms with Crippen molar-refractivity contribution in [1.29, 1.82) is 0 Å². The van der Waals surface area contributed by atoms with E-state index in [0.29, 0.717) is 18.7 Å². The molecule has 0 aliphatic carbocycles. The Morgan fingerprint density at radius 1 is 1.20 bits per heavy atom. The van der Waals surface area contributed by atoms with E-state index in [9.17, 15) is 0 Å². The molecule has 0 aliphatic rings. The summed E-state index contributed by atoms with van der Waals surface area (Å²) in [6.07, 6.45) is 0. The van der Waals surface area contributed by atoms with Crippen molar-refractivity contribution in [2.45, 2.75) is 32.9 Å². The topological polar surface area (TPSA) is 21.3 Å². The van der Waals surface area contributed by atoms with Gasteiger partial charge >= 0.3 is 0 Å². The van der Waals surface area contributed by atoms with Crippen molar-refractivity contribution < 1.29 is 4.74 Å². The summed E-state index contributed by atoms with van der Waals surface area (Å²) in [5.74, 6) is 0.858. The first-order valence-corrected chi connectivity index (χ1v) is 5.60. The van der Waals surface area contributed by atoms with Crippen molar-refractivity contribution in [2.75, 3.05) is 6.61 Å². The first kappa shape index (κ1) is 12.3. The van der Waals surface area contributed by atoms with Crippen molar-refractivity contribution in [1.82, 2.24) is 5.32 Å². The van der Waals surface area contributed by atoms with Crippen LogP contribution < -0.4 is 10.1 Å². The van der Waals surface area contributed by atoms with Crippen LogP contribution in [0.4, 0.5) is 0 Å². The molecule has 1 aromatic rings. The second-order valence-corrected chi connectivity index (χ2v) is 4.42. The maximum atomic E-state index is 5.78. The van der Waals surface area contributed by atoms with E-state index in [-0.39, 0.29) is 0 Å². The van der Waals surface area contributed by atoms with Crippen molar-refractivity contribution >= 4 is 11.6 Å². The van der Waals surface area contributed by atoms with E-state index >= 15 is 0 Å². The first-order valence-electron chi connectivity index (χ1n) is 5.22. The van der Waals surface area contributed by atoms with Gasteiger partial charge in [0.15, 0.2) is 0 Å². The predicted molar refractivity (Wildman–Crippen MR) is 64.7 cm³/mol. The molecule has 1 unspecified atom stereocenters. The lowest BCUT2D eigenvalue weighted by molar-refractivity contribution is 0.266. The number of halogens is 1. The maximum absolute atomic E-state index is 5.78. The minimum atomic E-state index is 0.348. The normalized spacial score (nSPS) is 12.9. The van der Waals surface area contributed by atoms with E-state index in [4.69, 9.17) is 16.3 Å². The summed E-state index contributed by atoms with van der Waals surface area (Å²) in [7, 11) is 0. The molecule has 0 aliphatic heterocycles. The molecule has 0 heterocycles. The van der Waals surface area contributed by atoms with Crippen LogP contribution in [0, 0.1) is 0 Å². The molecule has 1 N–H and O–H groups in total. The van der Waals surface area contributed by atoms with Gasteiger partial charge in [0, 0.05) is 17.1 Å². The van der Waals surface area contributed by atoms with Gasteiger partial charge in [0.05, 0.1) is 0 Å². The van der Waals surface area contributed by atoms with Crippen molar-refractivity contribution in [3.63, 3.8) is 0 Å². The number of benzene rings is 1. The van der Waals surface area contributed by atoms with Crippen LogP contribution in [0.15, 0.2) is 24.3 Å². The lowest BCUT2D eigenvalue weighted by atomic mass is 10.3. The summed E-state index contributed by atoms with van der Waals surface area (Å²) in [5, 5.41) is 4.11. The average Bonchev–Trinajstić information content (AvgIpc) is 2.16. The van der Waals surface area contributed by atoms with Gasteiger partial charge in [-0.15, -0.1) is 0 Å². The molecule has 0 saturated heterocycles. The van der Waals surface area contributed by atoms with Crippen molar-refractivity contribution in [3.8, 4) is 5.75 Å². The van der Waals surface area contributed by atoms with Gasteiger partial charge in [-0.25, -0.2) is 0 Å². The van der Waals surface area contributed by atoms with E-state index in [1.165, 1.54) is 0 Å². The Morgan fingerprint density at radius 2 is 1.80 bits per heavy atom. The van der Waals surface area contributed by atoms with Crippen LogP contribution in [0.25, 0.3) is 0 Å². The summed E-state index contributed by atoms with van der Waals surface area (Å²) in [6.45, 7) is 7.02. The SMILES string of the molecule is CC(C)NC(C)COc1ccc(Cl)cc1. The second kappa shape index (κ2) is 5.99. The third-order valence-electron chi connectivity index (χ3n) is 1.93. The zero-order valence-corrected chi connectivity index (χ0v) is 10.2. The molecule has 3 heteroatoms. The van der Waals surface area contributed by atoms with Gasteiger partial charge in [0.1, 0.15) is 12.4 Å². The Morgan fingerprint density at radius 3 is 2.33 bits per heavy atom. The third-order valence-corrected chi connectivity index (χ3v) is 2.18. The molecule has 84 valence electrons. The van der Waals surface area contributed by atoms with Gasteiger partial charge < -0.3 is 10.1 Å². The van der Waals surface area contributed by atoms with E-state index in [1.54, 1.807) is 0 Å². The molecule has 0 bridgehead atoms. The highest BCUT2D eigenvalue weighted by Gasteiger charge is 2.03. The molecule has 1 atom stereocenters. The third kappa shape index (κ3) is 5.05. The van der Waals surface area contributed by atoms with Gasteiger partial charge in [-0.1, -0.05) is 25.4 Å². The molecule has 0 amide bonds. The summed E-state index contributed by atoms with van der Waals surface area (Å²) < 4.78 is 5.60. The van der Waals surface area contributed by atoms with Crippen LogP contribution >= 0.6 is 11.6 Å². The lowest BCUT2D eigenvalue weighted by Crippen LogP contribution is -2.36. The summed E-state index contributed by atoms with van der Waals surface area (Å²) in [4.78, 5) is 0. The molecule has 2 nitrogen and oxygen atoms in total. The predicted octanol–water partition coefficient (Wildman–Crippen LogP) is 3.11. The summed E-state index contributed by atoms with van der Waals surface area (Å²) >= 11 is 5.78. The van der Waals surface area contributed by atoms with E-state index in [0.717, 1.165) is 10.8 Å². The van der Waals surface area contributed by atoms with Gasteiger partial charge in [-0.3, -0.25) is 0 Å². The minimum absolute atomic E-state index is 0.348. The van der Waals surface area contributed by atoms with Gasteiger partial charge in [-0.2, -0.15) is 0 Å². The molecule has 0 fully saturated rings. The zero-order valence-electron chi connectivity index (χ0n) is 9.46. The molecule has 1 aromatic carbocycles. The number of ether oxygens (including phenoxy) is 1. The first-order chi connectivity index (χ1) is 7.08. The minimum Gasteiger partial charge on any atom is -0.492 e. The van der Waals surface area contributed by atoms with Crippen LogP contribution in [0.5, 0.6) is 5.75 Å². The van der Waals surface area contributed by atoms with Crippen molar-refractivity contribution in [2.24, 2.45) is 0 Å². The molecular weight excluding hydrogens is 210 g/mol. The van der Waals surface area contributed by atoms with Crippen molar-refractivity contribution in [3.05, 3.63) is 29.3 Å². The fourth-order valence-electron chi connectivity index (χ4n) is 1.37. The molecule has 15 heavy (non-hydrogen) atoms. The Kier molecular flexibility index (Phi) is 4.92. The van der Waals surface area contributed by atoms with Gasteiger partial charge in [0.2, 0.25) is 0 Å². The highest BCUT2D eigenvalue weighted by Crippen LogP contribution is 2.15. The van der Waals surface area contributed by atoms with E-state index in [2.05, 4.69) is 26.1 Å². The molecular formula is C12H18ClNO. The standard InChI is InChI=1S/C12H18ClNO/c1-9(2)14-10(3)8-15-12-6-4-11(13)5-7-12/h4-7,9-10,14H,8H2,1-3H3. The molecule has 0 saturated carbocycles. The summed E-state index contributed by atoms with van der Waals surface area (Å²) in [5.41, 5.74) is 0. The van der Waals surface area contributed by atoms with Gasteiger partial charge in [-0.05, 0) is 31.2 Å². The van der Waals surface area contributed by atoms with Gasteiger partial charge in [0.25, 0.3) is 0 Å². The monoisotopic (exact) mass is 227 g/mol. The van der Waals surface area contributed by atoms with Crippen LogP contribution in [0.3, 0.4) is 0 Å². The molecule has 0 spiro atoms. The van der Waals surface area contributed by atoms with E-state index in [1.807, 2.05) is 24.3 Å². The number of hydrogen-bond donors (Lipinski definition) is 1. The number of hydrogen-bond acceptors (Lipinski definition) is 2. The Hall–Kier alpha value is -0.730. The number of rotatable bonds is 5. The van der Waals surface area contributed by atoms with Crippen LogP contribution in [-0.4, -0.2) is 18.7 Å². The Labute approximate surface area is 96.6 Å². The Bertz CT molecular complexity index is 284. The lowest BCUT2D eigenvalue weighted by Gasteiger charge is -2.17. The maximum Gasteiger partial charge on any atom is 0.119 e. The molecule has 0 radical (unpaired) electrons.